The molecule has 4 rings (SSSR count). The predicted octanol–water partition coefficient (Wildman–Crippen LogP) is 3.44. The van der Waals surface area contributed by atoms with E-state index in [1.807, 2.05) is 13.0 Å². The third-order valence-corrected chi connectivity index (χ3v) is 10.2. The van der Waals surface area contributed by atoms with E-state index < -0.39 is 29.0 Å². The van der Waals surface area contributed by atoms with Crippen LogP contribution >= 0.6 is 0 Å². The number of carbonyl (C=O) groups is 2. The van der Waals surface area contributed by atoms with E-state index in [4.69, 9.17) is 9.94 Å². The zero-order valence-electron chi connectivity index (χ0n) is 22.2. The molecule has 0 saturated heterocycles. The average Bonchev–Trinajstić information content (AvgIpc) is 3.06. The van der Waals surface area contributed by atoms with Gasteiger partial charge in [0.1, 0.15) is 5.71 Å². The number of aliphatic hydroxyl groups excluding tert-OH is 1. The number of nitrogens with zero attached hydrogens (tertiary/aromatic N) is 1. The first-order valence-electron chi connectivity index (χ1n) is 13.2. The largest absolute Gasteiger partial charge is 0.479 e. The molecular formula is C28H42N2O6. The van der Waals surface area contributed by atoms with E-state index in [1.54, 1.807) is 13.8 Å². The molecular weight excluding hydrogens is 460 g/mol. The highest BCUT2D eigenvalue weighted by molar-refractivity contribution is 6.05. The number of amides is 1. The zero-order chi connectivity index (χ0) is 26.5. The van der Waals surface area contributed by atoms with Crippen molar-refractivity contribution in [2.24, 2.45) is 39.2 Å². The van der Waals surface area contributed by atoms with Gasteiger partial charge in [0.25, 0.3) is 5.91 Å². The van der Waals surface area contributed by atoms with Crippen molar-refractivity contribution in [3.63, 3.8) is 0 Å². The summed E-state index contributed by atoms with van der Waals surface area (Å²) in [5.41, 5.74) is 0.434. The fourth-order valence-corrected chi connectivity index (χ4v) is 7.48. The number of carboxylic acids is 1. The summed E-state index contributed by atoms with van der Waals surface area (Å²) < 4.78 is 0. The van der Waals surface area contributed by atoms with Gasteiger partial charge < -0.3 is 25.5 Å². The maximum Gasteiger partial charge on any atom is 0.333 e. The number of allylic oxidation sites excluding steroid dienone is 4. The molecule has 0 aliphatic heterocycles. The van der Waals surface area contributed by atoms with Gasteiger partial charge in [-0.1, -0.05) is 44.5 Å². The van der Waals surface area contributed by atoms with Crippen molar-refractivity contribution in [1.29, 1.82) is 0 Å². The van der Waals surface area contributed by atoms with Crippen LogP contribution in [0.5, 0.6) is 0 Å². The van der Waals surface area contributed by atoms with Crippen molar-refractivity contribution in [3.8, 4) is 0 Å². The predicted molar refractivity (Wildman–Crippen MR) is 136 cm³/mol. The van der Waals surface area contributed by atoms with Crippen LogP contribution in [-0.4, -0.2) is 57.8 Å². The molecule has 0 aromatic rings. The maximum absolute atomic E-state index is 12.1. The molecule has 0 heterocycles. The van der Waals surface area contributed by atoms with Gasteiger partial charge in [-0.3, -0.25) is 4.79 Å². The Morgan fingerprint density at radius 3 is 2.58 bits per heavy atom. The van der Waals surface area contributed by atoms with Crippen LogP contribution in [0.15, 0.2) is 29.0 Å². The van der Waals surface area contributed by atoms with Crippen molar-refractivity contribution >= 4 is 17.6 Å². The highest BCUT2D eigenvalue weighted by Gasteiger charge is 2.62. The number of fused-ring (bicyclic) bond motifs is 5. The number of carbonyl (C=O) groups excluding carboxylic acids is 1. The molecule has 8 heteroatoms. The number of carboxylic acid groups (broad SMARTS) is 1. The van der Waals surface area contributed by atoms with Crippen LogP contribution in [0.3, 0.4) is 0 Å². The number of oxime groups is 1. The third-order valence-electron chi connectivity index (χ3n) is 10.2. The summed E-state index contributed by atoms with van der Waals surface area (Å²) in [4.78, 5) is 28.4. The van der Waals surface area contributed by atoms with E-state index >= 15 is 0 Å². The third kappa shape index (κ3) is 4.51. The van der Waals surface area contributed by atoms with Crippen molar-refractivity contribution in [2.75, 3.05) is 13.2 Å². The first-order chi connectivity index (χ1) is 16.7. The average molecular weight is 503 g/mol. The van der Waals surface area contributed by atoms with Gasteiger partial charge >= 0.3 is 5.97 Å². The molecule has 4 aliphatic carbocycles. The van der Waals surface area contributed by atoms with E-state index in [9.17, 15) is 19.8 Å². The second kappa shape index (κ2) is 9.28. The minimum absolute atomic E-state index is 0.000429. The second-order valence-corrected chi connectivity index (χ2v) is 12.8. The molecule has 8 nitrogen and oxygen atoms in total. The van der Waals surface area contributed by atoms with E-state index in [0.717, 1.165) is 38.5 Å². The first kappa shape index (κ1) is 26.9. The lowest BCUT2D eigenvalue weighted by Gasteiger charge is -2.58. The van der Waals surface area contributed by atoms with Gasteiger partial charge in [-0.2, -0.15) is 0 Å². The Kier molecular flexibility index (Phi) is 6.92. The fraction of sp³-hybridized carbons (Fsp3) is 0.750. The summed E-state index contributed by atoms with van der Waals surface area (Å²) in [6.45, 7) is 9.52. The van der Waals surface area contributed by atoms with Gasteiger partial charge in [0.2, 0.25) is 0 Å². The quantitative estimate of drug-likeness (QED) is 0.395. The number of hydrogen-bond donors (Lipinski definition) is 4. The first-order valence-corrected chi connectivity index (χ1v) is 13.2. The molecule has 0 radical (unpaired) electrons. The van der Waals surface area contributed by atoms with Gasteiger partial charge in [-0.25, -0.2) is 4.79 Å². The smallest absolute Gasteiger partial charge is 0.333 e. The maximum atomic E-state index is 12.1. The minimum atomic E-state index is -1.58. The van der Waals surface area contributed by atoms with Crippen molar-refractivity contribution < 1.29 is 29.7 Å². The number of aliphatic carboxylic acids is 1. The van der Waals surface area contributed by atoms with Crippen LogP contribution < -0.4 is 5.32 Å². The lowest BCUT2D eigenvalue weighted by molar-refractivity contribution is -0.153. The zero-order valence-corrected chi connectivity index (χ0v) is 22.2. The lowest BCUT2D eigenvalue weighted by Crippen LogP contribution is -2.53. The molecule has 4 aliphatic rings. The van der Waals surface area contributed by atoms with E-state index in [0.29, 0.717) is 23.5 Å². The van der Waals surface area contributed by atoms with Gasteiger partial charge in [0, 0.05) is 17.4 Å². The number of rotatable bonds is 7. The highest BCUT2D eigenvalue weighted by Crippen LogP contribution is 2.66. The number of nitrogens with one attached hydrogen (secondary N) is 1. The lowest BCUT2D eigenvalue weighted by atomic mass is 9.47. The Hall–Kier alpha value is -2.19. The van der Waals surface area contributed by atoms with Gasteiger partial charge in [0.15, 0.2) is 12.7 Å². The standard InChI is InChI=1S/C28H42N2O6/c1-25(2,23(32)24(33)34)16-29-22(31)15-36-30-18-8-11-26(3)17(14-18)6-7-19-20(26)9-12-27(4)21(19)10-13-28(27,5)35/h8,11,14,19-21,23,32,35H,6-7,9-10,12-13,15-16H2,1-5H3,(H,29,31)(H,33,34)/b30-18+/t19-,20-,21-,23+,26-,27-,28-/m0/s1. The van der Waals surface area contributed by atoms with E-state index in [1.165, 1.54) is 5.57 Å². The Bertz CT molecular complexity index is 998. The molecule has 3 fully saturated rings. The fourth-order valence-electron chi connectivity index (χ4n) is 7.48. The number of aliphatic hydroxyl groups is 2. The van der Waals surface area contributed by atoms with Crippen LogP contribution in [0.1, 0.15) is 73.1 Å². The molecule has 0 spiro atoms. The summed E-state index contributed by atoms with van der Waals surface area (Å²) in [7, 11) is 0. The topological polar surface area (TPSA) is 128 Å². The Balaban J connectivity index is 1.35. The van der Waals surface area contributed by atoms with E-state index in [-0.39, 0.29) is 24.0 Å². The van der Waals surface area contributed by atoms with Crippen molar-refractivity contribution in [1.82, 2.24) is 5.32 Å². The van der Waals surface area contributed by atoms with E-state index in [2.05, 4.69) is 36.5 Å². The van der Waals surface area contributed by atoms with Gasteiger partial charge in [-0.15, -0.1) is 0 Å². The number of hydrogen-bond acceptors (Lipinski definition) is 6. The summed E-state index contributed by atoms with van der Waals surface area (Å²) in [6, 6.07) is 0. The molecule has 0 aromatic heterocycles. The summed E-state index contributed by atoms with van der Waals surface area (Å²) in [5.74, 6) is -0.0187. The molecule has 0 unspecified atom stereocenters. The van der Waals surface area contributed by atoms with Gasteiger partial charge in [-0.05, 0) is 80.8 Å². The molecule has 7 atom stereocenters. The molecule has 0 aromatic carbocycles. The SMILES string of the molecule is CC(C)(CNC(=O)CO/N=C1\C=C[C@@]2(C)C(=C1)CC[C@H]1[C@@H]2CC[C@@]2(C)[C@H]1CC[C@]2(C)O)[C@H](O)C(=O)O. The van der Waals surface area contributed by atoms with Crippen LogP contribution in [0.25, 0.3) is 0 Å². The van der Waals surface area contributed by atoms with Crippen LogP contribution in [-0.2, 0) is 14.4 Å². The summed E-state index contributed by atoms with van der Waals surface area (Å²) in [6.07, 6.45) is 11.1. The van der Waals surface area contributed by atoms with Crippen molar-refractivity contribution in [3.05, 3.63) is 23.8 Å². The molecule has 0 bridgehead atoms. The van der Waals surface area contributed by atoms with Crippen LogP contribution in [0.4, 0.5) is 0 Å². The highest BCUT2D eigenvalue weighted by atomic mass is 16.6. The Morgan fingerprint density at radius 1 is 1.19 bits per heavy atom. The normalized spacial score (nSPS) is 39.5. The van der Waals surface area contributed by atoms with Crippen molar-refractivity contribution in [2.45, 2.75) is 84.8 Å². The molecule has 1 amide bonds. The van der Waals surface area contributed by atoms with Crippen LogP contribution in [0.2, 0.25) is 0 Å². The summed E-state index contributed by atoms with van der Waals surface area (Å²) >= 11 is 0. The minimum Gasteiger partial charge on any atom is -0.479 e. The molecule has 36 heavy (non-hydrogen) atoms. The Labute approximate surface area is 213 Å². The second-order valence-electron chi connectivity index (χ2n) is 12.8. The molecule has 4 N–H and O–H groups in total. The van der Waals surface area contributed by atoms with Gasteiger partial charge in [0.05, 0.1) is 5.60 Å². The molecule has 200 valence electrons. The Morgan fingerprint density at radius 2 is 1.89 bits per heavy atom. The summed E-state index contributed by atoms with van der Waals surface area (Å²) in [5, 5.41) is 36.6. The monoisotopic (exact) mass is 502 g/mol. The molecule has 3 saturated carbocycles. The van der Waals surface area contributed by atoms with Crippen LogP contribution in [0, 0.1) is 34.0 Å².